The fourth-order valence-corrected chi connectivity index (χ4v) is 5.11. The molecule has 1 aromatic carbocycles. The van der Waals surface area contributed by atoms with Crippen molar-refractivity contribution in [3.63, 3.8) is 0 Å². The van der Waals surface area contributed by atoms with Gasteiger partial charge in [0.2, 0.25) is 18.6 Å². The quantitative estimate of drug-likeness (QED) is 0.772. The number of carbonyl (C=O) groups excluding carboxylic acids is 2. The summed E-state index contributed by atoms with van der Waals surface area (Å²) in [6.07, 6.45) is 5.45. The van der Waals surface area contributed by atoms with Crippen molar-refractivity contribution < 1.29 is 19.1 Å². The van der Waals surface area contributed by atoms with Crippen molar-refractivity contribution in [1.82, 2.24) is 9.80 Å². The Bertz CT molecular complexity index is 697. The van der Waals surface area contributed by atoms with Crippen LogP contribution in [0, 0.1) is 0 Å². The molecule has 0 spiro atoms. The first-order chi connectivity index (χ1) is 13.2. The van der Waals surface area contributed by atoms with E-state index in [-0.39, 0.29) is 18.6 Å². The molecule has 3 aliphatic rings. The van der Waals surface area contributed by atoms with Gasteiger partial charge in [-0.1, -0.05) is 18.9 Å². The van der Waals surface area contributed by atoms with Crippen molar-refractivity contribution in [2.45, 2.75) is 37.4 Å². The zero-order valence-electron chi connectivity index (χ0n) is 15.5. The van der Waals surface area contributed by atoms with Gasteiger partial charge in [0.25, 0.3) is 0 Å². The van der Waals surface area contributed by atoms with E-state index in [0.29, 0.717) is 49.4 Å². The number of ether oxygens (including phenoxy) is 2. The van der Waals surface area contributed by atoms with E-state index < -0.39 is 0 Å². The molecule has 6 nitrogen and oxygen atoms in total. The molecule has 1 saturated carbocycles. The van der Waals surface area contributed by atoms with E-state index in [9.17, 15) is 9.59 Å². The Balaban J connectivity index is 1.22. The molecule has 146 valence electrons. The molecule has 2 fully saturated rings. The molecule has 0 N–H and O–H groups in total. The minimum absolute atomic E-state index is 0.0984. The summed E-state index contributed by atoms with van der Waals surface area (Å²) < 4.78 is 10.7. The minimum Gasteiger partial charge on any atom is -0.454 e. The second kappa shape index (κ2) is 8.42. The number of rotatable bonds is 5. The Morgan fingerprint density at radius 1 is 0.963 bits per heavy atom. The van der Waals surface area contributed by atoms with Crippen LogP contribution in [-0.4, -0.2) is 65.6 Å². The lowest BCUT2D eigenvalue weighted by molar-refractivity contribution is -0.137. The molecule has 0 aromatic heterocycles. The maximum Gasteiger partial charge on any atom is 0.232 e. The van der Waals surface area contributed by atoms with Crippen LogP contribution >= 0.6 is 11.8 Å². The average molecular weight is 391 g/mol. The van der Waals surface area contributed by atoms with Crippen molar-refractivity contribution in [1.29, 1.82) is 0 Å². The Hall–Kier alpha value is -1.89. The zero-order valence-corrected chi connectivity index (χ0v) is 16.3. The summed E-state index contributed by atoms with van der Waals surface area (Å²) in [5.41, 5.74) is 0.927. The summed E-state index contributed by atoms with van der Waals surface area (Å²) in [4.78, 5) is 28.8. The van der Waals surface area contributed by atoms with Gasteiger partial charge in [0, 0.05) is 31.4 Å². The second-order valence-electron chi connectivity index (χ2n) is 7.34. The van der Waals surface area contributed by atoms with Gasteiger partial charge in [-0.05, 0) is 30.5 Å². The summed E-state index contributed by atoms with van der Waals surface area (Å²) >= 11 is 1.81. The van der Waals surface area contributed by atoms with Crippen molar-refractivity contribution in [3.05, 3.63) is 23.8 Å². The fourth-order valence-electron chi connectivity index (χ4n) is 3.88. The van der Waals surface area contributed by atoms with Crippen molar-refractivity contribution in [2.24, 2.45) is 0 Å². The Labute approximate surface area is 164 Å². The minimum atomic E-state index is 0.0984. The smallest absolute Gasteiger partial charge is 0.232 e. The molecule has 1 aromatic rings. The number of carbonyl (C=O) groups is 2. The van der Waals surface area contributed by atoms with Gasteiger partial charge < -0.3 is 19.3 Å². The third kappa shape index (κ3) is 4.51. The van der Waals surface area contributed by atoms with Crippen LogP contribution in [0.4, 0.5) is 0 Å². The van der Waals surface area contributed by atoms with Gasteiger partial charge in [-0.25, -0.2) is 0 Å². The highest BCUT2D eigenvalue weighted by Crippen LogP contribution is 2.33. The number of amides is 2. The lowest BCUT2D eigenvalue weighted by Crippen LogP contribution is -2.51. The molecule has 0 bridgehead atoms. The predicted octanol–water partition coefficient (Wildman–Crippen LogP) is 2.30. The largest absolute Gasteiger partial charge is 0.454 e. The zero-order chi connectivity index (χ0) is 18.6. The first kappa shape index (κ1) is 18.5. The second-order valence-corrected chi connectivity index (χ2v) is 8.63. The van der Waals surface area contributed by atoms with Gasteiger partial charge in [-0.3, -0.25) is 9.59 Å². The van der Waals surface area contributed by atoms with E-state index in [4.69, 9.17) is 9.47 Å². The molecule has 7 heteroatoms. The third-order valence-electron chi connectivity index (χ3n) is 5.52. The van der Waals surface area contributed by atoms with Crippen LogP contribution in [0.15, 0.2) is 18.2 Å². The molecule has 0 atom stereocenters. The van der Waals surface area contributed by atoms with Gasteiger partial charge in [0.15, 0.2) is 11.5 Å². The topological polar surface area (TPSA) is 59.1 Å². The lowest BCUT2D eigenvalue weighted by atomic mass is 10.1. The molecule has 1 saturated heterocycles. The molecule has 0 unspecified atom stereocenters. The van der Waals surface area contributed by atoms with Gasteiger partial charge in [-0.2, -0.15) is 0 Å². The summed E-state index contributed by atoms with van der Waals surface area (Å²) in [6, 6.07) is 5.63. The third-order valence-corrected chi connectivity index (χ3v) is 6.88. The lowest BCUT2D eigenvalue weighted by Gasteiger charge is -2.35. The maximum absolute atomic E-state index is 12.6. The van der Waals surface area contributed by atoms with Crippen LogP contribution in [0.1, 0.15) is 31.2 Å². The van der Waals surface area contributed by atoms with Crippen LogP contribution in [-0.2, 0) is 16.0 Å². The fraction of sp³-hybridized carbons (Fsp3) is 0.600. The molecular formula is C20H26N2O4S. The number of piperazine rings is 1. The van der Waals surface area contributed by atoms with Crippen LogP contribution in [0.2, 0.25) is 0 Å². The van der Waals surface area contributed by atoms with Gasteiger partial charge in [-0.15, -0.1) is 11.8 Å². The normalized spacial score (nSPS) is 19.6. The highest BCUT2D eigenvalue weighted by atomic mass is 32.2. The summed E-state index contributed by atoms with van der Waals surface area (Å²) in [6.45, 7) is 2.74. The van der Waals surface area contributed by atoms with E-state index in [1.54, 1.807) is 0 Å². The monoisotopic (exact) mass is 390 g/mol. The van der Waals surface area contributed by atoms with Crippen LogP contribution in [0.25, 0.3) is 0 Å². The Morgan fingerprint density at radius 3 is 2.37 bits per heavy atom. The molecule has 2 amide bonds. The standard InChI is InChI=1S/C20H26N2O4S/c23-19(12-15-5-6-17-18(11-15)26-14-25-17)21-7-9-22(10-8-21)20(24)13-27-16-3-1-2-4-16/h5-6,11,16H,1-4,7-10,12-14H2. The molecule has 1 aliphatic carbocycles. The summed E-state index contributed by atoms with van der Waals surface area (Å²) in [5.74, 6) is 2.33. The Kier molecular flexibility index (Phi) is 5.76. The number of fused-ring (bicyclic) bond motifs is 1. The molecular weight excluding hydrogens is 364 g/mol. The highest BCUT2D eigenvalue weighted by molar-refractivity contribution is 8.00. The van der Waals surface area contributed by atoms with Gasteiger partial charge >= 0.3 is 0 Å². The number of hydrogen-bond donors (Lipinski definition) is 0. The Morgan fingerprint density at radius 2 is 1.63 bits per heavy atom. The number of nitrogens with zero attached hydrogens (tertiary/aromatic N) is 2. The molecule has 2 aliphatic heterocycles. The summed E-state index contributed by atoms with van der Waals surface area (Å²) in [5, 5.41) is 0.665. The summed E-state index contributed by atoms with van der Waals surface area (Å²) in [7, 11) is 0. The van der Waals surface area contributed by atoms with Crippen LogP contribution in [0.3, 0.4) is 0 Å². The first-order valence-corrected chi connectivity index (χ1v) is 10.8. The molecule has 0 radical (unpaired) electrons. The van der Waals surface area contributed by atoms with E-state index in [0.717, 1.165) is 11.3 Å². The number of benzene rings is 1. The van der Waals surface area contributed by atoms with Crippen molar-refractivity contribution in [2.75, 3.05) is 38.7 Å². The highest BCUT2D eigenvalue weighted by Gasteiger charge is 2.25. The van der Waals surface area contributed by atoms with Crippen LogP contribution in [0.5, 0.6) is 11.5 Å². The number of thioether (sulfide) groups is 1. The first-order valence-electron chi connectivity index (χ1n) is 9.75. The maximum atomic E-state index is 12.6. The average Bonchev–Trinajstić information content (AvgIpc) is 3.37. The SMILES string of the molecule is O=C(CSC1CCCC1)N1CCN(C(=O)Cc2ccc3c(c2)OCO3)CC1. The molecule has 27 heavy (non-hydrogen) atoms. The van der Waals surface area contributed by atoms with E-state index in [1.807, 2.05) is 39.8 Å². The van der Waals surface area contributed by atoms with Gasteiger partial charge in [0.05, 0.1) is 12.2 Å². The van der Waals surface area contributed by atoms with E-state index >= 15 is 0 Å². The number of hydrogen-bond acceptors (Lipinski definition) is 5. The molecule has 4 rings (SSSR count). The van der Waals surface area contributed by atoms with E-state index in [1.165, 1.54) is 25.7 Å². The van der Waals surface area contributed by atoms with E-state index in [2.05, 4.69) is 0 Å². The van der Waals surface area contributed by atoms with Gasteiger partial charge in [0.1, 0.15) is 0 Å². The van der Waals surface area contributed by atoms with Crippen molar-refractivity contribution >= 4 is 23.6 Å². The van der Waals surface area contributed by atoms with Crippen molar-refractivity contribution in [3.8, 4) is 11.5 Å². The predicted molar refractivity (Wildman–Crippen MR) is 104 cm³/mol. The molecule has 2 heterocycles. The van der Waals surface area contributed by atoms with Crippen LogP contribution < -0.4 is 9.47 Å².